The lowest BCUT2D eigenvalue weighted by Gasteiger charge is -2.39. The van der Waals surface area contributed by atoms with Gasteiger partial charge in [0.15, 0.2) is 5.84 Å². The lowest BCUT2D eigenvalue weighted by atomic mass is 9.94. The van der Waals surface area contributed by atoms with Crippen molar-refractivity contribution in [3.63, 3.8) is 0 Å². The Morgan fingerprint density at radius 2 is 1.78 bits per heavy atom. The van der Waals surface area contributed by atoms with E-state index in [1.165, 1.54) is 0 Å². The molecular formula is C12H24N4O2. The summed E-state index contributed by atoms with van der Waals surface area (Å²) < 4.78 is 0. The number of nitrogens with two attached hydrogens (primary N) is 1. The van der Waals surface area contributed by atoms with Crippen LogP contribution >= 0.6 is 0 Å². The number of rotatable bonds is 2. The van der Waals surface area contributed by atoms with Gasteiger partial charge in [-0.25, -0.2) is 0 Å². The van der Waals surface area contributed by atoms with E-state index in [1.54, 1.807) is 0 Å². The van der Waals surface area contributed by atoms with Gasteiger partial charge in [-0.1, -0.05) is 25.9 Å². The summed E-state index contributed by atoms with van der Waals surface area (Å²) in [5.41, 5.74) is 5.25. The first-order valence-electron chi connectivity index (χ1n) is 6.28. The Labute approximate surface area is 108 Å². The van der Waals surface area contributed by atoms with Crippen LogP contribution in [0, 0.1) is 5.41 Å². The summed E-state index contributed by atoms with van der Waals surface area (Å²) in [6, 6.07) is -0.0955. The SMILES string of the molecule is CC(C(N)=NO)N1CCN(C(=O)C(C)(C)C)CC1. The molecule has 0 saturated carbocycles. The fraction of sp³-hybridized carbons (Fsp3) is 0.833. The van der Waals surface area contributed by atoms with Crippen molar-refractivity contribution in [2.24, 2.45) is 16.3 Å². The highest BCUT2D eigenvalue weighted by Gasteiger charge is 2.31. The largest absolute Gasteiger partial charge is 0.409 e. The topological polar surface area (TPSA) is 82.2 Å². The van der Waals surface area contributed by atoms with Crippen LogP contribution in [-0.2, 0) is 4.79 Å². The molecule has 1 atom stereocenters. The van der Waals surface area contributed by atoms with E-state index in [0.717, 1.165) is 13.1 Å². The number of amidine groups is 1. The summed E-state index contributed by atoms with van der Waals surface area (Å²) in [4.78, 5) is 16.1. The summed E-state index contributed by atoms with van der Waals surface area (Å²) >= 11 is 0. The minimum atomic E-state index is -0.334. The Kier molecular flexibility index (Phi) is 4.56. The van der Waals surface area contributed by atoms with Crippen LogP contribution in [0.3, 0.4) is 0 Å². The van der Waals surface area contributed by atoms with Crippen molar-refractivity contribution in [2.45, 2.75) is 33.7 Å². The van der Waals surface area contributed by atoms with Crippen LogP contribution in [0.25, 0.3) is 0 Å². The molecule has 1 unspecified atom stereocenters. The van der Waals surface area contributed by atoms with E-state index < -0.39 is 0 Å². The molecule has 104 valence electrons. The standard InChI is InChI=1S/C12H24N4O2/c1-9(10(13)14-18)15-5-7-16(8-6-15)11(17)12(2,3)4/h9,18H,5-8H2,1-4H3,(H2,13,14). The summed E-state index contributed by atoms with van der Waals surface area (Å²) in [6.45, 7) is 10.6. The first kappa shape index (κ1) is 14.8. The number of oxime groups is 1. The van der Waals surface area contributed by atoms with E-state index in [4.69, 9.17) is 10.9 Å². The average molecular weight is 256 g/mol. The van der Waals surface area contributed by atoms with Gasteiger partial charge in [0.2, 0.25) is 5.91 Å². The Balaban J connectivity index is 2.54. The maximum Gasteiger partial charge on any atom is 0.228 e. The predicted molar refractivity (Wildman–Crippen MR) is 70.5 cm³/mol. The highest BCUT2D eigenvalue weighted by molar-refractivity contribution is 5.85. The zero-order valence-electron chi connectivity index (χ0n) is 11.7. The van der Waals surface area contributed by atoms with Gasteiger partial charge in [-0.05, 0) is 6.92 Å². The van der Waals surface area contributed by atoms with Crippen LogP contribution in [0.2, 0.25) is 0 Å². The van der Waals surface area contributed by atoms with E-state index in [2.05, 4.69) is 10.1 Å². The Bertz CT molecular complexity index is 327. The number of hydrogen-bond acceptors (Lipinski definition) is 4. The van der Waals surface area contributed by atoms with Crippen molar-refractivity contribution in [1.82, 2.24) is 9.80 Å². The molecule has 1 aliphatic heterocycles. The average Bonchev–Trinajstić information content (AvgIpc) is 2.35. The van der Waals surface area contributed by atoms with Crippen molar-refractivity contribution < 1.29 is 10.0 Å². The number of amides is 1. The van der Waals surface area contributed by atoms with E-state index in [0.29, 0.717) is 13.1 Å². The van der Waals surface area contributed by atoms with Gasteiger partial charge in [-0.15, -0.1) is 0 Å². The maximum atomic E-state index is 12.1. The minimum absolute atomic E-state index is 0.0955. The number of hydrogen-bond donors (Lipinski definition) is 2. The Morgan fingerprint density at radius 3 is 2.17 bits per heavy atom. The fourth-order valence-corrected chi connectivity index (χ4v) is 2.06. The summed E-state index contributed by atoms with van der Waals surface area (Å²) in [7, 11) is 0. The van der Waals surface area contributed by atoms with Crippen LogP contribution in [0.5, 0.6) is 0 Å². The van der Waals surface area contributed by atoms with E-state index in [1.807, 2.05) is 32.6 Å². The molecule has 1 aliphatic rings. The van der Waals surface area contributed by atoms with Gasteiger partial charge in [0.25, 0.3) is 0 Å². The molecular weight excluding hydrogens is 232 g/mol. The van der Waals surface area contributed by atoms with Gasteiger partial charge in [-0.3, -0.25) is 9.69 Å². The quantitative estimate of drug-likeness (QED) is 0.322. The summed E-state index contributed by atoms with van der Waals surface area (Å²) in [5.74, 6) is 0.393. The zero-order chi connectivity index (χ0) is 13.9. The summed E-state index contributed by atoms with van der Waals surface area (Å²) in [6.07, 6.45) is 0. The highest BCUT2D eigenvalue weighted by atomic mass is 16.4. The molecule has 0 aliphatic carbocycles. The van der Waals surface area contributed by atoms with Crippen molar-refractivity contribution >= 4 is 11.7 Å². The van der Waals surface area contributed by atoms with Crippen molar-refractivity contribution in [3.8, 4) is 0 Å². The fourth-order valence-electron chi connectivity index (χ4n) is 2.06. The van der Waals surface area contributed by atoms with Gasteiger partial charge in [-0.2, -0.15) is 0 Å². The van der Waals surface area contributed by atoms with Crippen molar-refractivity contribution in [2.75, 3.05) is 26.2 Å². The second-order valence-electron chi connectivity index (χ2n) is 5.78. The molecule has 0 radical (unpaired) electrons. The molecule has 1 amide bonds. The third-order valence-electron chi connectivity index (χ3n) is 3.33. The molecule has 1 fully saturated rings. The molecule has 18 heavy (non-hydrogen) atoms. The normalized spacial score (nSPS) is 20.9. The molecule has 1 rings (SSSR count). The Hall–Kier alpha value is -1.30. The molecule has 0 bridgehead atoms. The van der Waals surface area contributed by atoms with Crippen LogP contribution in [0.1, 0.15) is 27.7 Å². The third-order valence-corrected chi connectivity index (χ3v) is 3.33. The first-order chi connectivity index (χ1) is 8.27. The molecule has 0 aromatic rings. The number of carbonyl (C=O) groups is 1. The van der Waals surface area contributed by atoms with Crippen molar-refractivity contribution in [1.29, 1.82) is 0 Å². The van der Waals surface area contributed by atoms with E-state index in [9.17, 15) is 4.79 Å². The lowest BCUT2D eigenvalue weighted by molar-refractivity contribution is -0.141. The molecule has 0 spiro atoms. The second-order valence-corrected chi connectivity index (χ2v) is 5.78. The van der Waals surface area contributed by atoms with Crippen molar-refractivity contribution in [3.05, 3.63) is 0 Å². The third kappa shape index (κ3) is 3.35. The highest BCUT2D eigenvalue weighted by Crippen LogP contribution is 2.19. The smallest absolute Gasteiger partial charge is 0.228 e. The van der Waals surface area contributed by atoms with Gasteiger partial charge in [0, 0.05) is 31.6 Å². The molecule has 3 N–H and O–H groups in total. The number of piperazine rings is 1. The maximum absolute atomic E-state index is 12.1. The van der Waals surface area contributed by atoms with E-state index in [-0.39, 0.29) is 23.2 Å². The van der Waals surface area contributed by atoms with Gasteiger partial charge in [0.1, 0.15) is 0 Å². The van der Waals surface area contributed by atoms with Crippen LogP contribution < -0.4 is 5.73 Å². The molecule has 1 saturated heterocycles. The molecule has 6 heteroatoms. The first-order valence-corrected chi connectivity index (χ1v) is 6.28. The Morgan fingerprint density at radius 1 is 1.28 bits per heavy atom. The van der Waals surface area contributed by atoms with Crippen LogP contribution in [-0.4, -0.2) is 59.0 Å². The zero-order valence-corrected chi connectivity index (χ0v) is 11.7. The molecule has 0 aromatic carbocycles. The lowest BCUT2D eigenvalue weighted by Crippen LogP contribution is -2.55. The predicted octanol–water partition coefficient (Wildman–Crippen LogP) is 0.312. The van der Waals surface area contributed by atoms with Gasteiger partial charge < -0.3 is 15.8 Å². The number of nitrogens with zero attached hydrogens (tertiary/aromatic N) is 3. The second kappa shape index (κ2) is 5.56. The summed E-state index contributed by atoms with van der Waals surface area (Å²) in [5, 5.41) is 11.7. The molecule has 6 nitrogen and oxygen atoms in total. The number of carbonyl (C=O) groups excluding carboxylic acids is 1. The minimum Gasteiger partial charge on any atom is -0.409 e. The molecule has 0 aromatic heterocycles. The van der Waals surface area contributed by atoms with Crippen LogP contribution in [0.15, 0.2) is 5.16 Å². The molecule has 1 heterocycles. The van der Waals surface area contributed by atoms with Gasteiger partial charge in [0.05, 0.1) is 6.04 Å². The van der Waals surface area contributed by atoms with Crippen LogP contribution in [0.4, 0.5) is 0 Å². The van der Waals surface area contributed by atoms with Gasteiger partial charge >= 0.3 is 0 Å². The monoisotopic (exact) mass is 256 g/mol. The van der Waals surface area contributed by atoms with E-state index >= 15 is 0 Å².